The molecule has 0 bridgehead atoms. The maximum atomic E-state index is 2.73. The lowest BCUT2D eigenvalue weighted by molar-refractivity contribution is 0.754. The molecule has 0 aromatic heterocycles. The van der Waals surface area contributed by atoms with Crippen LogP contribution >= 0.6 is 32.6 Å². The third-order valence-corrected chi connectivity index (χ3v) is 12.9. The minimum atomic E-state index is -1.05. The van der Waals surface area contributed by atoms with Gasteiger partial charge in [-0.15, -0.1) is 0 Å². The molecule has 0 fully saturated rings. The summed E-state index contributed by atoms with van der Waals surface area (Å²) in [5, 5.41) is 0. The zero-order chi connectivity index (χ0) is 14.6. The summed E-state index contributed by atoms with van der Waals surface area (Å²) in [6, 6.07) is 22.1. The highest BCUT2D eigenvalue weighted by Gasteiger charge is 2.41. The van der Waals surface area contributed by atoms with E-state index in [1.54, 1.807) is 0 Å². The predicted molar refractivity (Wildman–Crippen MR) is 100 cm³/mol. The highest BCUT2D eigenvalue weighted by molar-refractivity contribution is 14.1. The summed E-state index contributed by atoms with van der Waals surface area (Å²) < 4.78 is 0.299. The van der Waals surface area contributed by atoms with Crippen molar-refractivity contribution in [3.63, 3.8) is 0 Å². The highest BCUT2D eigenvalue weighted by Crippen LogP contribution is 2.72. The molecule has 2 rings (SSSR count). The molecular weight excluding hydrogens is 375 g/mol. The quantitative estimate of drug-likeness (QED) is 0.399. The molecule has 0 saturated heterocycles. The summed E-state index contributed by atoms with van der Waals surface area (Å²) in [5.74, 6) is 0. The lowest BCUT2D eigenvalue weighted by Gasteiger charge is -2.50. The normalized spacial score (nSPS) is 13.2. The third kappa shape index (κ3) is 2.64. The molecule has 0 unspecified atom stereocenters. The first-order chi connectivity index (χ1) is 9.58. The van der Waals surface area contributed by atoms with Gasteiger partial charge in [0.25, 0.3) is 0 Å². The van der Waals surface area contributed by atoms with Gasteiger partial charge < -0.3 is 0 Å². The van der Waals surface area contributed by atoms with Crippen molar-refractivity contribution in [2.24, 2.45) is 0 Å². The molecule has 0 spiro atoms. The Hall–Kier alpha value is -0.480. The molecule has 20 heavy (non-hydrogen) atoms. The molecule has 0 aliphatic heterocycles. The average Bonchev–Trinajstić information content (AvgIpc) is 2.54. The minimum Gasteiger partial charge on any atom is -0.176 e. The SMILES string of the molecule is CCC(I)(CC)S(C)(c1ccccc1)c1ccccc1. The summed E-state index contributed by atoms with van der Waals surface area (Å²) >= 11 is 2.73. The van der Waals surface area contributed by atoms with Gasteiger partial charge in [0.1, 0.15) is 0 Å². The van der Waals surface area contributed by atoms with Crippen molar-refractivity contribution in [2.75, 3.05) is 6.26 Å². The first-order valence-corrected chi connectivity index (χ1v) is 10.3. The van der Waals surface area contributed by atoms with Crippen molar-refractivity contribution >= 4 is 32.6 Å². The van der Waals surface area contributed by atoms with Crippen molar-refractivity contribution < 1.29 is 0 Å². The lowest BCUT2D eigenvalue weighted by Crippen LogP contribution is -2.27. The van der Waals surface area contributed by atoms with Crippen LogP contribution in [0.3, 0.4) is 0 Å². The van der Waals surface area contributed by atoms with Gasteiger partial charge in [0.15, 0.2) is 0 Å². The largest absolute Gasteiger partial charge is 0.176 e. The standard InChI is InChI=1S/C18H23IS/c1-4-18(19,5-2)20(3,16-12-8-6-9-13-16)17-14-10-7-11-15-17/h6-15H,4-5H2,1-3H3. The van der Waals surface area contributed by atoms with E-state index in [9.17, 15) is 0 Å². The van der Waals surface area contributed by atoms with Crippen molar-refractivity contribution in [1.82, 2.24) is 0 Å². The van der Waals surface area contributed by atoms with E-state index in [1.165, 1.54) is 22.6 Å². The van der Waals surface area contributed by atoms with E-state index < -0.39 is 10.0 Å². The van der Waals surface area contributed by atoms with Gasteiger partial charge in [-0.3, -0.25) is 0 Å². The molecule has 0 heterocycles. The van der Waals surface area contributed by atoms with Crippen molar-refractivity contribution in [2.45, 2.75) is 39.2 Å². The Morgan fingerprint density at radius 3 is 1.45 bits per heavy atom. The van der Waals surface area contributed by atoms with Crippen molar-refractivity contribution in [3.8, 4) is 0 Å². The third-order valence-electron chi connectivity index (χ3n) is 4.22. The van der Waals surface area contributed by atoms with Gasteiger partial charge in [0, 0.05) is 0 Å². The van der Waals surface area contributed by atoms with Gasteiger partial charge in [-0.2, -0.15) is 10.0 Å². The Labute approximate surface area is 138 Å². The molecule has 2 aromatic carbocycles. The van der Waals surface area contributed by atoms with Crippen molar-refractivity contribution in [3.05, 3.63) is 60.7 Å². The molecule has 0 radical (unpaired) electrons. The fourth-order valence-electron chi connectivity index (χ4n) is 2.77. The van der Waals surface area contributed by atoms with Gasteiger partial charge in [-0.25, -0.2) is 0 Å². The molecule has 0 aliphatic rings. The number of rotatable bonds is 5. The van der Waals surface area contributed by atoms with E-state index in [0.29, 0.717) is 2.75 Å². The smallest absolute Gasteiger partial charge is 0.0587 e. The molecule has 0 amide bonds. The van der Waals surface area contributed by atoms with Crippen LogP contribution in [0.2, 0.25) is 0 Å². The Kier molecular flexibility index (Phi) is 5.19. The Balaban J connectivity index is 2.67. The fraction of sp³-hybridized carbons (Fsp3) is 0.333. The van der Waals surface area contributed by atoms with Gasteiger partial charge in [0.05, 0.1) is 2.75 Å². The zero-order valence-electron chi connectivity index (χ0n) is 12.5. The van der Waals surface area contributed by atoms with Crippen LogP contribution in [-0.4, -0.2) is 9.01 Å². The van der Waals surface area contributed by atoms with Gasteiger partial charge in [-0.05, 0) is 53.2 Å². The van der Waals surface area contributed by atoms with Crippen LogP contribution in [0.5, 0.6) is 0 Å². The topological polar surface area (TPSA) is 0 Å². The molecule has 108 valence electrons. The second-order valence-electron chi connectivity index (χ2n) is 5.13. The molecular formula is C18H23IS. The van der Waals surface area contributed by atoms with Crippen LogP contribution in [0.15, 0.2) is 70.5 Å². The van der Waals surface area contributed by atoms with Gasteiger partial charge >= 0.3 is 0 Å². The van der Waals surface area contributed by atoms with Gasteiger partial charge in [0.2, 0.25) is 0 Å². The monoisotopic (exact) mass is 398 g/mol. The second-order valence-corrected chi connectivity index (χ2v) is 11.5. The number of alkyl halides is 1. The van der Waals surface area contributed by atoms with Crippen LogP contribution < -0.4 is 0 Å². The summed E-state index contributed by atoms with van der Waals surface area (Å²) in [4.78, 5) is 2.98. The Morgan fingerprint density at radius 2 is 1.15 bits per heavy atom. The number of hydrogen-bond acceptors (Lipinski definition) is 0. The van der Waals surface area contributed by atoms with Crippen molar-refractivity contribution in [1.29, 1.82) is 0 Å². The number of hydrogen-bond donors (Lipinski definition) is 0. The zero-order valence-corrected chi connectivity index (χ0v) is 15.4. The summed E-state index contributed by atoms with van der Waals surface area (Å²) in [6.45, 7) is 4.65. The molecule has 0 saturated carbocycles. The van der Waals surface area contributed by atoms with Crippen LogP contribution in [0, 0.1) is 0 Å². The predicted octanol–water partition coefficient (Wildman–Crippen LogP) is 6.49. The number of halogens is 1. The van der Waals surface area contributed by atoms with E-state index in [-0.39, 0.29) is 0 Å². The Morgan fingerprint density at radius 1 is 0.800 bits per heavy atom. The second kappa shape index (κ2) is 6.52. The molecule has 2 heteroatoms. The molecule has 0 nitrogen and oxygen atoms in total. The highest BCUT2D eigenvalue weighted by atomic mass is 127. The van der Waals surface area contributed by atoms with Crippen LogP contribution in [0.4, 0.5) is 0 Å². The summed E-state index contributed by atoms with van der Waals surface area (Å²) in [6.07, 6.45) is 4.87. The van der Waals surface area contributed by atoms with Crippen LogP contribution in [0.1, 0.15) is 26.7 Å². The van der Waals surface area contributed by atoms with E-state index in [4.69, 9.17) is 0 Å². The number of benzene rings is 2. The molecule has 0 atom stereocenters. The van der Waals surface area contributed by atoms with E-state index in [1.807, 2.05) is 0 Å². The van der Waals surface area contributed by atoms with E-state index >= 15 is 0 Å². The van der Waals surface area contributed by atoms with Crippen LogP contribution in [-0.2, 0) is 0 Å². The lowest BCUT2D eigenvalue weighted by atomic mass is 10.3. The van der Waals surface area contributed by atoms with E-state index in [2.05, 4.69) is 103 Å². The summed E-state index contributed by atoms with van der Waals surface area (Å²) in [5.41, 5.74) is 0. The maximum absolute atomic E-state index is 2.73. The van der Waals surface area contributed by atoms with Crippen LogP contribution in [0.25, 0.3) is 0 Å². The minimum absolute atomic E-state index is 0.299. The Bertz CT molecular complexity index is 492. The first-order valence-electron chi connectivity index (χ1n) is 7.15. The maximum Gasteiger partial charge on any atom is 0.0587 e. The molecule has 2 aromatic rings. The van der Waals surface area contributed by atoms with E-state index in [0.717, 1.165) is 0 Å². The first kappa shape index (κ1) is 15.9. The fourth-order valence-corrected chi connectivity index (χ4v) is 7.97. The molecule has 0 N–H and O–H groups in total. The average molecular weight is 398 g/mol. The van der Waals surface area contributed by atoms with Gasteiger partial charge in [-0.1, -0.05) is 72.8 Å². The summed E-state index contributed by atoms with van der Waals surface area (Å²) in [7, 11) is -1.05. The molecule has 0 aliphatic carbocycles.